The van der Waals surface area contributed by atoms with E-state index in [2.05, 4.69) is 10.6 Å². The minimum absolute atomic E-state index is 0.0517. The van der Waals surface area contributed by atoms with Gasteiger partial charge in [-0.3, -0.25) is 9.59 Å². The smallest absolute Gasteiger partial charge is 0.268 e. The monoisotopic (exact) mass is 518 g/mol. The highest BCUT2D eigenvalue weighted by molar-refractivity contribution is 6.36. The molecule has 0 fully saturated rings. The third kappa shape index (κ3) is 6.45. The van der Waals surface area contributed by atoms with Gasteiger partial charge in [0.1, 0.15) is 17.2 Å². The van der Waals surface area contributed by atoms with Crippen molar-refractivity contribution in [3.63, 3.8) is 0 Å². The molecule has 36 heavy (non-hydrogen) atoms. The zero-order valence-electron chi connectivity index (χ0n) is 19.8. The molecule has 0 unspecified atom stereocenters. The van der Waals surface area contributed by atoms with Crippen molar-refractivity contribution in [2.45, 2.75) is 20.4 Å². The van der Waals surface area contributed by atoms with Crippen LogP contribution in [-0.2, 0) is 11.3 Å². The topological polar surface area (TPSA) is 71.3 Å². The Kier molecular flexibility index (Phi) is 7.93. The number of rotatable bonds is 7. The van der Waals surface area contributed by atoms with Crippen LogP contribution < -0.4 is 10.6 Å². The third-order valence-corrected chi connectivity index (χ3v) is 6.04. The number of aryl methyl sites for hydroxylation is 2. The van der Waals surface area contributed by atoms with Gasteiger partial charge in [0.2, 0.25) is 0 Å². The second-order valence-corrected chi connectivity index (χ2v) is 9.22. The summed E-state index contributed by atoms with van der Waals surface area (Å²) >= 11 is 12.3. The normalized spacial score (nSPS) is 11.3. The molecule has 0 radical (unpaired) electrons. The van der Waals surface area contributed by atoms with E-state index in [0.29, 0.717) is 39.2 Å². The fourth-order valence-corrected chi connectivity index (χ4v) is 3.95. The van der Waals surface area contributed by atoms with E-state index >= 15 is 0 Å². The summed E-state index contributed by atoms with van der Waals surface area (Å²) < 4.78 is 5.91. The molecule has 0 aliphatic rings. The van der Waals surface area contributed by atoms with E-state index in [0.717, 1.165) is 16.7 Å². The molecule has 0 saturated heterocycles. The van der Waals surface area contributed by atoms with Gasteiger partial charge in [0, 0.05) is 28.8 Å². The Bertz CT molecular complexity index is 1420. The van der Waals surface area contributed by atoms with Crippen LogP contribution in [0.5, 0.6) is 0 Å². The van der Waals surface area contributed by atoms with Crippen LogP contribution in [0.4, 0.5) is 0 Å². The molecule has 0 saturated carbocycles. The number of nitrogens with one attached hydrogen (secondary N) is 2. The second kappa shape index (κ2) is 11.3. The standard InChI is InChI=1S/C29H24Cl2N2O3/c1-18-3-7-20(8-4-18)17-32-29(35)26(33-28(34)21-9-5-19(2)6-10-21)16-23-12-14-27(36-23)24-13-11-22(30)15-25(24)31/h3-16H,17H2,1-2H3,(H,32,35)(H,33,34)/b26-16-. The zero-order valence-corrected chi connectivity index (χ0v) is 21.3. The van der Waals surface area contributed by atoms with Crippen LogP contribution in [0.1, 0.15) is 32.8 Å². The predicted molar refractivity (Wildman–Crippen MR) is 144 cm³/mol. The molecule has 7 heteroatoms. The van der Waals surface area contributed by atoms with Gasteiger partial charge in [-0.25, -0.2) is 0 Å². The van der Waals surface area contributed by atoms with Gasteiger partial charge in [0.25, 0.3) is 11.8 Å². The molecule has 2 amide bonds. The van der Waals surface area contributed by atoms with E-state index in [1.54, 1.807) is 42.5 Å². The van der Waals surface area contributed by atoms with Gasteiger partial charge in [-0.15, -0.1) is 0 Å². The van der Waals surface area contributed by atoms with E-state index in [-0.39, 0.29) is 5.70 Å². The quantitative estimate of drug-likeness (QED) is 0.260. The molecule has 5 nitrogen and oxygen atoms in total. The van der Waals surface area contributed by atoms with Crippen molar-refractivity contribution in [1.82, 2.24) is 10.6 Å². The van der Waals surface area contributed by atoms with Crippen LogP contribution >= 0.6 is 23.2 Å². The molecule has 0 bridgehead atoms. The maximum absolute atomic E-state index is 13.1. The summed E-state index contributed by atoms with van der Waals surface area (Å²) in [6.07, 6.45) is 1.49. The number of halogens is 2. The van der Waals surface area contributed by atoms with Crippen LogP contribution in [0.2, 0.25) is 10.0 Å². The maximum Gasteiger partial charge on any atom is 0.268 e. The highest BCUT2D eigenvalue weighted by Crippen LogP contribution is 2.32. The van der Waals surface area contributed by atoms with E-state index in [1.807, 2.05) is 50.2 Å². The van der Waals surface area contributed by atoms with E-state index in [1.165, 1.54) is 6.08 Å². The van der Waals surface area contributed by atoms with Crippen LogP contribution in [0.3, 0.4) is 0 Å². The first-order chi connectivity index (χ1) is 17.3. The minimum atomic E-state index is -0.446. The fourth-order valence-electron chi connectivity index (χ4n) is 3.45. The highest BCUT2D eigenvalue weighted by atomic mass is 35.5. The lowest BCUT2D eigenvalue weighted by atomic mass is 10.1. The van der Waals surface area contributed by atoms with Gasteiger partial charge in [-0.1, -0.05) is 70.7 Å². The molecule has 3 aromatic carbocycles. The Balaban J connectivity index is 1.59. The van der Waals surface area contributed by atoms with Crippen LogP contribution in [0.15, 0.2) is 89.0 Å². The Labute approximate surface area is 219 Å². The average molecular weight is 519 g/mol. The molecule has 1 heterocycles. The van der Waals surface area contributed by atoms with Gasteiger partial charge in [-0.05, 0) is 61.9 Å². The molecule has 4 aromatic rings. The average Bonchev–Trinajstić information content (AvgIpc) is 3.31. The number of carbonyl (C=O) groups excluding carboxylic acids is 2. The molecular formula is C29H24Cl2N2O3. The van der Waals surface area contributed by atoms with Crippen molar-refractivity contribution in [3.05, 3.63) is 123 Å². The summed E-state index contributed by atoms with van der Waals surface area (Å²) in [6.45, 7) is 4.24. The summed E-state index contributed by atoms with van der Waals surface area (Å²) in [5.41, 5.74) is 4.25. The molecule has 1 aromatic heterocycles. The lowest BCUT2D eigenvalue weighted by Gasteiger charge is -2.11. The SMILES string of the molecule is Cc1ccc(CNC(=O)/C(=C/c2ccc(-c3ccc(Cl)cc3Cl)o2)NC(=O)c2ccc(C)cc2)cc1. The van der Waals surface area contributed by atoms with Crippen molar-refractivity contribution >= 4 is 41.1 Å². The van der Waals surface area contributed by atoms with Gasteiger partial charge in [-0.2, -0.15) is 0 Å². The van der Waals surface area contributed by atoms with Crippen LogP contribution in [-0.4, -0.2) is 11.8 Å². The number of hydrogen-bond donors (Lipinski definition) is 2. The maximum atomic E-state index is 13.1. The van der Waals surface area contributed by atoms with Crippen molar-refractivity contribution < 1.29 is 14.0 Å². The summed E-state index contributed by atoms with van der Waals surface area (Å²) in [7, 11) is 0. The minimum Gasteiger partial charge on any atom is -0.457 e. The number of benzene rings is 3. The number of carbonyl (C=O) groups is 2. The van der Waals surface area contributed by atoms with Gasteiger partial charge in [0.05, 0.1) is 5.02 Å². The van der Waals surface area contributed by atoms with Gasteiger partial charge >= 0.3 is 0 Å². The predicted octanol–water partition coefficient (Wildman–Crippen LogP) is 6.96. The largest absolute Gasteiger partial charge is 0.457 e. The summed E-state index contributed by atoms with van der Waals surface area (Å²) in [5.74, 6) is 0.0330. The van der Waals surface area contributed by atoms with E-state index in [4.69, 9.17) is 27.6 Å². The molecular weight excluding hydrogens is 495 g/mol. The van der Waals surface area contributed by atoms with Crippen LogP contribution in [0, 0.1) is 13.8 Å². The lowest BCUT2D eigenvalue weighted by molar-refractivity contribution is -0.117. The molecule has 2 N–H and O–H groups in total. The van der Waals surface area contributed by atoms with E-state index < -0.39 is 11.8 Å². The first kappa shape index (κ1) is 25.3. The summed E-state index contributed by atoms with van der Waals surface area (Å²) in [4.78, 5) is 26.0. The molecule has 4 rings (SSSR count). The zero-order chi connectivity index (χ0) is 25.7. The summed E-state index contributed by atoms with van der Waals surface area (Å²) in [6, 6.07) is 23.5. The first-order valence-corrected chi connectivity index (χ1v) is 12.0. The molecule has 0 spiro atoms. The molecule has 0 aliphatic carbocycles. The van der Waals surface area contributed by atoms with Crippen molar-refractivity contribution in [2.24, 2.45) is 0 Å². The van der Waals surface area contributed by atoms with Crippen LogP contribution in [0.25, 0.3) is 17.4 Å². The fraction of sp³-hybridized carbons (Fsp3) is 0.103. The molecule has 182 valence electrons. The molecule has 0 atom stereocenters. The molecule has 0 aliphatic heterocycles. The number of amides is 2. The Morgan fingerprint density at radius 1 is 0.861 bits per heavy atom. The van der Waals surface area contributed by atoms with Gasteiger partial charge in [0.15, 0.2) is 0 Å². The van der Waals surface area contributed by atoms with E-state index in [9.17, 15) is 9.59 Å². The summed E-state index contributed by atoms with van der Waals surface area (Å²) in [5, 5.41) is 6.54. The van der Waals surface area contributed by atoms with Crippen molar-refractivity contribution in [3.8, 4) is 11.3 Å². The van der Waals surface area contributed by atoms with Gasteiger partial charge < -0.3 is 15.1 Å². The highest BCUT2D eigenvalue weighted by Gasteiger charge is 2.16. The van der Waals surface area contributed by atoms with Crippen molar-refractivity contribution in [2.75, 3.05) is 0 Å². The van der Waals surface area contributed by atoms with Crippen molar-refractivity contribution in [1.29, 1.82) is 0 Å². The Morgan fingerprint density at radius 3 is 2.19 bits per heavy atom. The second-order valence-electron chi connectivity index (χ2n) is 8.37. The third-order valence-electron chi connectivity index (χ3n) is 5.49. The Hall–Kier alpha value is -3.80. The Morgan fingerprint density at radius 2 is 1.53 bits per heavy atom. The first-order valence-electron chi connectivity index (χ1n) is 11.3. The number of hydrogen-bond acceptors (Lipinski definition) is 3. The lowest BCUT2D eigenvalue weighted by Crippen LogP contribution is -2.34. The number of furan rings is 1.